The van der Waals surface area contributed by atoms with Crippen LogP contribution >= 0.6 is 0 Å². The minimum absolute atomic E-state index is 0.126. The van der Waals surface area contributed by atoms with Gasteiger partial charge in [0, 0.05) is 17.2 Å². The van der Waals surface area contributed by atoms with E-state index in [2.05, 4.69) is 17.1 Å². The fourth-order valence-corrected chi connectivity index (χ4v) is 3.58. The van der Waals surface area contributed by atoms with Gasteiger partial charge in [0.15, 0.2) is 11.5 Å². The van der Waals surface area contributed by atoms with Gasteiger partial charge >= 0.3 is 0 Å². The molecule has 1 aliphatic heterocycles. The van der Waals surface area contributed by atoms with Crippen LogP contribution in [0.5, 0.6) is 17.2 Å². The third-order valence-corrected chi connectivity index (χ3v) is 5.01. The molecule has 2 aromatic rings. The number of nitrogens with two attached hydrogens (primary N) is 1. The van der Waals surface area contributed by atoms with Crippen LogP contribution in [0.15, 0.2) is 17.7 Å². The Morgan fingerprint density at radius 2 is 1.89 bits per heavy atom. The third kappa shape index (κ3) is 2.38. The molecule has 0 unspecified atom stereocenters. The topological polar surface area (TPSA) is 114 Å². The van der Waals surface area contributed by atoms with Crippen molar-refractivity contribution in [2.75, 3.05) is 19.6 Å². The summed E-state index contributed by atoms with van der Waals surface area (Å²) in [6.45, 7) is 3.83. The van der Waals surface area contributed by atoms with Crippen molar-refractivity contribution in [3.63, 3.8) is 0 Å². The van der Waals surface area contributed by atoms with E-state index in [1.807, 2.05) is 26.0 Å². The van der Waals surface area contributed by atoms with Crippen LogP contribution in [-0.2, 0) is 0 Å². The van der Waals surface area contributed by atoms with Crippen LogP contribution in [0.2, 0.25) is 0 Å². The number of hydrogen-bond donors (Lipinski definition) is 1. The quantitative estimate of drug-likeness (QED) is 0.859. The molecule has 0 amide bonds. The minimum Gasteiger partial charge on any atom is -0.496 e. The first-order valence-corrected chi connectivity index (χ1v) is 8.51. The maximum atomic E-state index is 9.66. The number of nitriles is 2. The number of pyridine rings is 1. The Morgan fingerprint density at radius 3 is 2.54 bits per heavy atom. The highest BCUT2D eigenvalue weighted by Gasteiger charge is 2.30. The zero-order chi connectivity index (χ0) is 20.0. The SMILES string of the molecule is COc1cc2c(cc1C=C1C(C)=C(C#N)c3nc(N)c(C#N)c(C)c31)OCO2. The molecule has 138 valence electrons. The number of aromatic nitrogens is 1. The minimum atomic E-state index is 0.126. The lowest BCUT2D eigenvalue weighted by atomic mass is 9.95. The van der Waals surface area contributed by atoms with Gasteiger partial charge in [-0.2, -0.15) is 10.5 Å². The van der Waals surface area contributed by atoms with Crippen LogP contribution in [0.3, 0.4) is 0 Å². The van der Waals surface area contributed by atoms with Crippen LogP contribution in [0, 0.1) is 29.6 Å². The zero-order valence-electron chi connectivity index (χ0n) is 15.6. The first-order valence-electron chi connectivity index (χ1n) is 8.51. The molecule has 4 rings (SSSR count). The number of hydrogen-bond acceptors (Lipinski definition) is 7. The molecule has 1 aromatic carbocycles. The Kier molecular flexibility index (Phi) is 3.94. The highest BCUT2D eigenvalue weighted by atomic mass is 16.7. The summed E-state index contributed by atoms with van der Waals surface area (Å²) < 4.78 is 16.4. The summed E-state index contributed by atoms with van der Waals surface area (Å²) in [5, 5.41) is 19.1. The van der Waals surface area contributed by atoms with Gasteiger partial charge in [-0.25, -0.2) is 4.98 Å². The number of fused-ring (bicyclic) bond motifs is 2. The summed E-state index contributed by atoms with van der Waals surface area (Å²) in [6.07, 6.45) is 1.91. The smallest absolute Gasteiger partial charge is 0.231 e. The van der Waals surface area contributed by atoms with Crippen LogP contribution in [0.4, 0.5) is 5.82 Å². The number of allylic oxidation sites excluding steroid dienone is 3. The van der Waals surface area contributed by atoms with Gasteiger partial charge in [-0.3, -0.25) is 0 Å². The van der Waals surface area contributed by atoms with Gasteiger partial charge in [-0.1, -0.05) is 0 Å². The standard InChI is InChI=1S/C21H16N4O3/c1-10-13(4-12-5-17-18(28-9-27-17)6-16(12)26-3)19-11(2)15(8-23)21(24)25-20(19)14(10)7-22/h4-6H,9H2,1-3H3,(H2,24,25). The van der Waals surface area contributed by atoms with Gasteiger partial charge in [0.1, 0.15) is 23.7 Å². The van der Waals surface area contributed by atoms with Crippen molar-refractivity contribution in [1.82, 2.24) is 4.98 Å². The van der Waals surface area contributed by atoms with E-state index in [0.29, 0.717) is 39.6 Å². The Labute approximate surface area is 161 Å². The lowest BCUT2D eigenvalue weighted by molar-refractivity contribution is 0.174. The van der Waals surface area contributed by atoms with Crippen molar-refractivity contribution in [3.8, 4) is 29.4 Å². The fourth-order valence-electron chi connectivity index (χ4n) is 3.58. The number of nitrogens with zero attached hydrogens (tertiary/aromatic N) is 3. The van der Waals surface area contributed by atoms with Gasteiger partial charge in [0.25, 0.3) is 0 Å². The molecule has 7 heteroatoms. The molecule has 2 aliphatic rings. The van der Waals surface area contributed by atoms with E-state index in [-0.39, 0.29) is 12.6 Å². The second-order valence-corrected chi connectivity index (χ2v) is 6.45. The lowest BCUT2D eigenvalue weighted by Crippen LogP contribution is -2.03. The summed E-state index contributed by atoms with van der Waals surface area (Å²) in [5.74, 6) is 1.98. The van der Waals surface area contributed by atoms with Gasteiger partial charge in [-0.05, 0) is 42.7 Å². The van der Waals surface area contributed by atoms with Crippen molar-refractivity contribution in [2.24, 2.45) is 0 Å². The van der Waals surface area contributed by atoms with E-state index in [1.165, 1.54) is 0 Å². The Morgan fingerprint density at radius 1 is 1.18 bits per heavy atom. The van der Waals surface area contributed by atoms with Crippen molar-refractivity contribution in [3.05, 3.63) is 45.7 Å². The number of anilines is 1. The van der Waals surface area contributed by atoms with Crippen LogP contribution in [0.25, 0.3) is 17.2 Å². The Bertz CT molecular complexity index is 1180. The summed E-state index contributed by atoms with van der Waals surface area (Å²) in [7, 11) is 1.58. The number of nitrogen functional groups attached to an aromatic ring is 1. The van der Waals surface area contributed by atoms with E-state index < -0.39 is 0 Å². The number of ether oxygens (including phenoxy) is 3. The second-order valence-electron chi connectivity index (χ2n) is 6.45. The first-order chi connectivity index (χ1) is 13.5. The Hall–Kier alpha value is -3.97. The van der Waals surface area contributed by atoms with Gasteiger partial charge in [0.2, 0.25) is 6.79 Å². The molecule has 0 saturated carbocycles. The number of rotatable bonds is 2. The first kappa shape index (κ1) is 17.4. The normalized spacial score (nSPS) is 15.4. The molecule has 7 nitrogen and oxygen atoms in total. The van der Waals surface area contributed by atoms with E-state index in [9.17, 15) is 10.5 Å². The monoisotopic (exact) mass is 372 g/mol. The molecule has 2 N–H and O–H groups in total. The molecule has 0 radical (unpaired) electrons. The molecular formula is C21H16N4O3. The third-order valence-electron chi connectivity index (χ3n) is 5.01. The summed E-state index contributed by atoms with van der Waals surface area (Å²) in [4.78, 5) is 4.34. The molecule has 2 heterocycles. The van der Waals surface area contributed by atoms with Crippen molar-refractivity contribution in [1.29, 1.82) is 10.5 Å². The largest absolute Gasteiger partial charge is 0.496 e. The average Bonchev–Trinajstić information content (AvgIpc) is 3.23. The molecule has 0 saturated heterocycles. The molecule has 0 fully saturated rings. The number of benzene rings is 1. The van der Waals surface area contributed by atoms with Gasteiger partial charge in [0.05, 0.1) is 23.9 Å². The predicted octanol–water partition coefficient (Wildman–Crippen LogP) is 3.43. The summed E-state index contributed by atoms with van der Waals surface area (Å²) in [5.41, 5.74) is 11.0. The molecular weight excluding hydrogens is 356 g/mol. The molecule has 0 atom stereocenters. The highest BCUT2D eigenvalue weighted by Crippen LogP contribution is 2.46. The van der Waals surface area contributed by atoms with Gasteiger partial charge in [-0.15, -0.1) is 0 Å². The predicted molar refractivity (Wildman–Crippen MR) is 103 cm³/mol. The van der Waals surface area contributed by atoms with Crippen molar-refractivity contribution >= 4 is 23.0 Å². The molecule has 0 spiro atoms. The summed E-state index contributed by atoms with van der Waals surface area (Å²) >= 11 is 0. The van der Waals surface area contributed by atoms with Crippen molar-refractivity contribution in [2.45, 2.75) is 13.8 Å². The van der Waals surface area contributed by atoms with Crippen LogP contribution < -0.4 is 19.9 Å². The van der Waals surface area contributed by atoms with E-state index in [1.54, 1.807) is 13.2 Å². The second kappa shape index (κ2) is 6.33. The molecule has 0 bridgehead atoms. The zero-order valence-corrected chi connectivity index (χ0v) is 15.6. The fraction of sp³-hybridized carbons (Fsp3) is 0.190. The van der Waals surface area contributed by atoms with Crippen LogP contribution in [0.1, 0.15) is 34.9 Å². The van der Waals surface area contributed by atoms with Crippen molar-refractivity contribution < 1.29 is 14.2 Å². The molecule has 28 heavy (non-hydrogen) atoms. The summed E-state index contributed by atoms with van der Waals surface area (Å²) in [6, 6.07) is 7.91. The lowest BCUT2D eigenvalue weighted by Gasteiger charge is -2.12. The maximum absolute atomic E-state index is 9.66. The highest BCUT2D eigenvalue weighted by molar-refractivity contribution is 6.09. The van der Waals surface area contributed by atoms with E-state index in [4.69, 9.17) is 19.9 Å². The number of methoxy groups -OCH3 is 1. The van der Waals surface area contributed by atoms with Crippen LogP contribution in [-0.4, -0.2) is 18.9 Å². The van der Waals surface area contributed by atoms with E-state index in [0.717, 1.165) is 22.3 Å². The molecule has 1 aliphatic carbocycles. The molecule has 1 aromatic heterocycles. The average molecular weight is 372 g/mol. The Balaban J connectivity index is 2.00. The maximum Gasteiger partial charge on any atom is 0.231 e. The van der Waals surface area contributed by atoms with E-state index >= 15 is 0 Å². The van der Waals surface area contributed by atoms with Gasteiger partial charge < -0.3 is 19.9 Å².